The molecule has 1 N–H and O–H groups in total. The molecule has 3 aromatic rings. The summed E-state index contributed by atoms with van der Waals surface area (Å²) in [6.07, 6.45) is 2.32. The minimum Gasteiger partial charge on any atom is -0.212 e. The third-order valence-corrected chi connectivity index (χ3v) is 6.38. The standard InChI is InChI=1S/C24H25NO2S/c1-2-18-24(22-14-8-4-9-15-22,23-16-10-5-11-17-23)20-28(26,27)25-19-21-12-6-3-7-13-21/h2-17,25H,1,18-20H2. The molecule has 4 heteroatoms. The molecule has 3 aromatic carbocycles. The van der Waals surface area contributed by atoms with Gasteiger partial charge in [0, 0.05) is 12.0 Å². The van der Waals surface area contributed by atoms with Crippen LogP contribution in [0.4, 0.5) is 0 Å². The maximum absolute atomic E-state index is 13.1. The van der Waals surface area contributed by atoms with E-state index in [0.717, 1.165) is 16.7 Å². The molecule has 3 rings (SSSR count). The van der Waals surface area contributed by atoms with Crippen molar-refractivity contribution in [2.45, 2.75) is 18.4 Å². The zero-order valence-corrected chi connectivity index (χ0v) is 16.6. The summed E-state index contributed by atoms with van der Waals surface area (Å²) in [5, 5.41) is 0. The molecule has 144 valence electrons. The first-order valence-corrected chi connectivity index (χ1v) is 10.9. The highest BCUT2D eigenvalue weighted by Gasteiger charge is 2.37. The highest BCUT2D eigenvalue weighted by Crippen LogP contribution is 2.37. The molecular formula is C24H25NO2S. The van der Waals surface area contributed by atoms with Crippen molar-refractivity contribution in [3.63, 3.8) is 0 Å². The Balaban J connectivity index is 1.98. The first-order valence-electron chi connectivity index (χ1n) is 9.29. The van der Waals surface area contributed by atoms with E-state index >= 15 is 0 Å². The summed E-state index contributed by atoms with van der Waals surface area (Å²) in [5.41, 5.74) is 2.16. The van der Waals surface area contributed by atoms with Gasteiger partial charge in [0.2, 0.25) is 10.0 Å². The quantitative estimate of drug-likeness (QED) is 0.539. The van der Waals surface area contributed by atoms with Crippen molar-refractivity contribution in [3.8, 4) is 0 Å². The lowest BCUT2D eigenvalue weighted by Crippen LogP contribution is -2.40. The molecule has 0 aromatic heterocycles. The molecule has 0 heterocycles. The van der Waals surface area contributed by atoms with Crippen LogP contribution >= 0.6 is 0 Å². The molecule has 0 aliphatic rings. The molecular weight excluding hydrogens is 366 g/mol. The van der Waals surface area contributed by atoms with E-state index < -0.39 is 15.4 Å². The molecule has 0 aliphatic heterocycles. The second kappa shape index (κ2) is 9.00. The minimum absolute atomic E-state index is 0.0487. The van der Waals surface area contributed by atoms with E-state index in [-0.39, 0.29) is 12.3 Å². The molecule has 0 spiro atoms. The Morgan fingerprint density at radius 1 is 0.786 bits per heavy atom. The van der Waals surface area contributed by atoms with E-state index in [4.69, 9.17) is 0 Å². The number of benzene rings is 3. The van der Waals surface area contributed by atoms with Crippen LogP contribution in [0.25, 0.3) is 0 Å². The van der Waals surface area contributed by atoms with E-state index in [1.54, 1.807) is 6.08 Å². The van der Waals surface area contributed by atoms with Crippen LogP contribution in [0.5, 0.6) is 0 Å². The third kappa shape index (κ3) is 4.77. The molecule has 0 bridgehead atoms. The summed E-state index contributed by atoms with van der Waals surface area (Å²) in [6.45, 7) is 4.18. The smallest absolute Gasteiger partial charge is 0.212 e. The summed E-state index contributed by atoms with van der Waals surface area (Å²) in [7, 11) is -3.55. The third-order valence-electron chi connectivity index (χ3n) is 4.92. The van der Waals surface area contributed by atoms with Gasteiger partial charge in [0.1, 0.15) is 0 Å². The van der Waals surface area contributed by atoms with E-state index in [2.05, 4.69) is 11.3 Å². The predicted molar refractivity (Wildman–Crippen MR) is 116 cm³/mol. The number of nitrogens with one attached hydrogen (secondary N) is 1. The number of hydrogen-bond acceptors (Lipinski definition) is 2. The maximum atomic E-state index is 13.1. The number of allylic oxidation sites excluding steroid dienone is 1. The number of rotatable bonds is 9. The number of hydrogen-bond donors (Lipinski definition) is 1. The Hall–Kier alpha value is -2.69. The second-order valence-corrected chi connectivity index (χ2v) is 8.68. The van der Waals surface area contributed by atoms with E-state index in [1.807, 2.05) is 91.0 Å². The largest absolute Gasteiger partial charge is 0.213 e. The molecule has 0 amide bonds. The Bertz CT molecular complexity index is 945. The monoisotopic (exact) mass is 391 g/mol. The van der Waals surface area contributed by atoms with Crippen LogP contribution in [0.1, 0.15) is 23.1 Å². The van der Waals surface area contributed by atoms with Crippen molar-refractivity contribution >= 4 is 10.0 Å². The maximum Gasteiger partial charge on any atom is 0.213 e. The van der Waals surface area contributed by atoms with E-state index in [0.29, 0.717) is 6.42 Å². The molecule has 0 radical (unpaired) electrons. The lowest BCUT2D eigenvalue weighted by atomic mass is 9.73. The molecule has 3 nitrogen and oxygen atoms in total. The van der Waals surface area contributed by atoms with Crippen molar-refractivity contribution in [1.82, 2.24) is 4.72 Å². The fourth-order valence-corrected chi connectivity index (χ4v) is 5.14. The van der Waals surface area contributed by atoms with Crippen LogP contribution in [0.2, 0.25) is 0 Å². The normalized spacial score (nSPS) is 11.9. The summed E-state index contributed by atoms with van der Waals surface area (Å²) in [4.78, 5) is 0. The molecule has 0 fully saturated rings. The van der Waals surface area contributed by atoms with Gasteiger partial charge in [0.15, 0.2) is 0 Å². The zero-order chi connectivity index (χ0) is 19.9. The van der Waals surface area contributed by atoms with Crippen molar-refractivity contribution in [3.05, 3.63) is 120 Å². The Morgan fingerprint density at radius 3 is 1.71 bits per heavy atom. The van der Waals surface area contributed by atoms with E-state index in [1.165, 1.54) is 0 Å². The molecule has 0 unspecified atom stereocenters. The van der Waals surface area contributed by atoms with Crippen molar-refractivity contribution in [1.29, 1.82) is 0 Å². The van der Waals surface area contributed by atoms with Gasteiger partial charge < -0.3 is 0 Å². The van der Waals surface area contributed by atoms with Crippen LogP contribution in [-0.4, -0.2) is 14.2 Å². The van der Waals surface area contributed by atoms with Crippen molar-refractivity contribution in [2.75, 3.05) is 5.75 Å². The van der Waals surface area contributed by atoms with E-state index in [9.17, 15) is 8.42 Å². The van der Waals surface area contributed by atoms with Crippen LogP contribution in [-0.2, 0) is 22.0 Å². The Morgan fingerprint density at radius 2 is 1.25 bits per heavy atom. The van der Waals surface area contributed by atoms with Gasteiger partial charge in [-0.1, -0.05) is 97.1 Å². The zero-order valence-electron chi connectivity index (χ0n) is 15.8. The minimum atomic E-state index is -3.55. The van der Waals surface area contributed by atoms with Gasteiger partial charge in [-0.25, -0.2) is 13.1 Å². The Labute approximate surface area is 167 Å². The van der Waals surface area contributed by atoms with Gasteiger partial charge in [-0.3, -0.25) is 0 Å². The topological polar surface area (TPSA) is 46.2 Å². The van der Waals surface area contributed by atoms with Gasteiger partial charge in [-0.15, -0.1) is 6.58 Å². The van der Waals surface area contributed by atoms with Crippen LogP contribution in [0.15, 0.2) is 104 Å². The summed E-state index contributed by atoms with van der Waals surface area (Å²) in [6, 6.07) is 29.2. The highest BCUT2D eigenvalue weighted by atomic mass is 32.2. The van der Waals surface area contributed by atoms with Crippen LogP contribution in [0.3, 0.4) is 0 Å². The summed E-state index contributed by atoms with van der Waals surface area (Å²) < 4.78 is 29.0. The van der Waals surface area contributed by atoms with Gasteiger partial charge in [0.25, 0.3) is 0 Å². The lowest BCUT2D eigenvalue weighted by molar-refractivity contribution is 0.534. The molecule has 28 heavy (non-hydrogen) atoms. The SMILES string of the molecule is C=CCC(CS(=O)(=O)NCc1ccccc1)(c1ccccc1)c1ccccc1. The second-order valence-electron chi connectivity index (χ2n) is 6.87. The average molecular weight is 392 g/mol. The molecule has 0 saturated carbocycles. The summed E-state index contributed by atoms with van der Waals surface area (Å²) >= 11 is 0. The predicted octanol–water partition coefficient (Wildman–Crippen LogP) is 4.67. The summed E-state index contributed by atoms with van der Waals surface area (Å²) in [5.74, 6) is -0.0487. The first kappa shape index (κ1) is 20.1. The average Bonchev–Trinajstić information content (AvgIpc) is 2.74. The van der Waals surface area contributed by atoms with Crippen molar-refractivity contribution < 1.29 is 8.42 Å². The van der Waals surface area contributed by atoms with Crippen LogP contribution < -0.4 is 4.72 Å². The van der Waals surface area contributed by atoms with Gasteiger partial charge in [0.05, 0.1) is 5.75 Å². The number of sulfonamides is 1. The van der Waals surface area contributed by atoms with Gasteiger partial charge in [-0.05, 0) is 23.1 Å². The fourth-order valence-electron chi connectivity index (χ4n) is 3.55. The molecule has 0 saturated heterocycles. The van der Waals surface area contributed by atoms with Crippen molar-refractivity contribution in [2.24, 2.45) is 0 Å². The van der Waals surface area contributed by atoms with Crippen LogP contribution in [0, 0.1) is 0 Å². The van der Waals surface area contributed by atoms with Gasteiger partial charge in [-0.2, -0.15) is 0 Å². The Kier molecular flexibility index (Phi) is 6.45. The lowest BCUT2D eigenvalue weighted by Gasteiger charge is -2.34. The first-order chi connectivity index (χ1) is 13.6. The molecule has 0 aliphatic carbocycles. The van der Waals surface area contributed by atoms with Gasteiger partial charge >= 0.3 is 0 Å². The fraction of sp³-hybridized carbons (Fsp3) is 0.167. The molecule has 0 atom stereocenters. The highest BCUT2D eigenvalue weighted by molar-refractivity contribution is 7.89.